The van der Waals surface area contributed by atoms with Crippen molar-refractivity contribution < 1.29 is 19.4 Å². The minimum atomic E-state index is -0.682. The normalized spacial score (nSPS) is 21.9. The summed E-state index contributed by atoms with van der Waals surface area (Å²) in [7, 11) is 0. The van der Waals surface area contributed by atoms with Gasteiger partial charge in [0.05, 0.1) is 0 Å². The molecule has 2 unspecified atom stereocenters. The van der Waals surface area contributed by atoms with Crippen molar-refractivity contribution in [1.29, 1.82) is 0 Å². The summed E-state index contributed by atoms with van der Waals surface area (Å²) in [5.74, 6) is -1.02. The summed E-state index contributed by atoms with van der Waals surface area (Å²) in [6.45, 7) is 7.60. The second-order valence-electron chi connectivity index (χ2n) is 4.99. The summed E-state index contributed by atoms with van der Waals surface area (Å²) in [4.78, 5) is 23.4. The number of ketones is 1. The van der Waals surface area contributed by atoms with Crippen LogP contribution in [0.3, 0.4) is 0 Å². The summed E-state index contributed by atoms with van der Waals surface area (Å²) in [5, 5.41) is 9.92. The monoisotopic (exact) mass is 240 g/mol. The van der Waals surface area contributed by atoms with E-state index in [0.29, 0.717) is 0 Å². The Morgan fingerprint density at radius 3 is 2.47 bits per heavy atom. The Balaban J connectivity index is 2.92. The molecule has 0 aliphatic carbocycles. The van der Waals surface area contributed by atoms with Gasteiger partial charge in [0.2, 0.25) is 0 Å². The van der Waals surface area contributed by atoms with Crippen molar-refractivity contribution in [3.63, 3.8) is 0 Å². The zero-order chi connectivity index (χ0) is 13.2. The van der Waals surface area contributed by atoms with Crippen molar-refractivity contribution in [1.82, 2.24) is 0 Å². The number of hydrogen-bond donors (Lipinski definition) is 1. The van der Waals surface area contributed by atoms with Gasteiger partial charge in [-0.1, -0.05) is 27.7 Å². The first kappa shape index (κ1) is 13.7. The van der Waals surface area contributed by atoms with Crippen molar-refractivity contribution in [2.24, 2.45) is 11.8 Å². The van der Waals surface area contributed by atoms with E-state index in [1.165, 1.54) is 0 Å². The van der Waals surface area contributed by atoms with Gasteiger partial charge in [-0.15, -0.1) is 0 Å². The largest absolute Gasteiger partial charge is 0.507 e. The highest BCUT2D eigenvalue weighted by atomic mass is 16.6. The number of carbonyl (C=O) groups excluding carboxylic acids is 2. The van der Waals surface area contributed by atoms with Crippen LogP contribution in [0.15, 0.2) is 11.3 Å². The summed E-state index contributed by atoms with van der Waals surface area (Å²) in [6, 6.07) is 0. The molecule has 0 aromatic heterocycles. The smallest absolute Gasteiger partial charge is 0.346 e. The van der Waals surface area contributed by atoms with Crippen LogP contribution in [0, 0.1) is 11.8 Å². The number of carbonyl (C=O) groups is 2. The molecule has 0 fully saturated rings. The standard InChI is InChI=1S/C13H20O4/c1-5-8(4)12-11(15)10(13(16)17-12)9(14)6-7(2)3/h7-8,12,15H,5-6H2,1-4H3. The van der Waals surface area contributed by atoms with Crippen molar-refractivity contribution in [2.75, 3.05) is 0 Å². The average Bonchev–Trinajstić information content (AvgIpc) is 2.52. The molecular formula is C13H20O4. The van der Waals surface area contributed by atoms with E-state index >= 15 is 0 Å². The number of aliphatic hydroxyl groups excluding tert-OH is 1. The lowest BCUT2D eigenvalue weighted by Crippen LogP contribution is -2.20. The third-order valence-electron chi connectivity index (χ3n) is 3.00. The van der Waals surface area contributed by atoms with Gasteiger partial charge in [-0.2, -0.15) is 0 Å². The fourth-order valence-electron chi connectivity index (χ4n) is 1.81. The Kier molecular flexibility index (Phi) is 4.32. The SMILES string of the molecule is CCC(C)C1OC(=O)C(C(=O)CC(C)C)=C1O. The average molecular weight is 240 g/mol. The third kappa shape index (κ3) is 2.87. The van der Waals surface area contributed by atoms with Crippen LogP contribution in [0.4, 0.5) is 0 Å². The lowest BCUT2D eigenvalue weighted by atomic mass is 9.96. The number of Topliss-reactive ketones (excluding diaryl/α,β-unsaturated/α-hetero) is 1. The Hall–Kier alpha value is -1.32. The molecule has 0 aromatic rings. The van der Waals surface area contributed by atoms with E-state index in [1.54, 1.807) is 0 Å². The molecule has 0 saturated heterocycles. The van der Waals surface area contributed by atoms with Crippen molar-refractivity contribution in [3.05, 3.63) is 11.3 Å². The van der Waals surface area contributed by atoms with Gasteiger partial charge in [0.1, 0.15) is 5.57 Å². The molecule has 1 N–H and O–H groups in total. The molecule has 0 saturated carbocycles. The molecule has 0 radical (unpaired) electrons. The highest BCUT2D eigenvalue weighted by Gasteiger charge is 2.40. The predicted molar refractivity (Wildman–Crippen MR) is 63.5 cm³/mol. The van der Waals surface area contributed by atoms with Crippen molar-refractivity contribution in [2.45, 2.75) is 46.6 Å². The van der Waals surface area contributed by atoms with Crippen molar-refractivity contribution >= 4 is 11.8 Å². The summed E-state index contributed by atoms with van der Waals surface area (Å²) < 4.78 is 5.06. The van der Waals surface area contributed by atoms with E-state index in [2.05, 4.69) is 0 Å². The Bertz CT molecular complexity index is 354. The first-order chi connectivity index (χ1) is 7.88. The van der Waals surface area contributed by atoms with Gasteiger partial charge < -0.3 is 9.84 Å². The summed E-state index contributed by atoms with van der Waals surface area (Å²) >= 11 is 0. The molecule has 2 atom stereocenters. The zero-order valence-corrected chi connectivity index (χ0v) is 10.8. The topological polar surface area (TPSA) is 63.6 Å². The van der Waals surface area contributed by atoms with Crippen LogP contribution in [-0.4, -0.2) is 23.0 Å². The van der Waals surface area contributed by atoms with E-state index < -0.39 is 12.1 Å². The maximum atomic E-state index is 11.8. The molecule has 17 heavy (non-hydrogen) atoms. The minimum absolute atomic E-state index is 0.0169. The van der Waals surface area contributed by atoms with Gasteiger partial charge in [0.25, 0.3) is 0 Å². The molecule has 1 heterocycles. The molecule has 4 nitrogen and oxygen atoms in total. The van der Waals surface area contributed by atoms with Gasteiger partial charge in [0.15, 0.2) is 17.6 Å². The highest BCUT2D eigenvalue weighted by Crippen LogP contribution is 2.29. The fourth-order valence-corrected chi connectivity index (χ4v) is 1.81. The van der Waals surface area contributed by atoms with Gasteiger partial charge in [-0.3, -0.25) is 4.79 Å². The molecule has 1 rings (SSSR count). The number of esters is 1. The van der Waals surface area contributed by atoms with Crippen LogP contribution >= 0.6 is 0 Å². The second-order valence-corrected chi connectivity index (χ2v) is 4.99. The third-order valence-corrected chi connectivity index (χ3v) is 3.00. The lowest BCUT2D eigenvalue weighted by Gasteiger charge is -2.16. The molecule has 0 amide bonds. The van der Waals surface area contributed by atoms with Gasteiger partial charge in [-0.05, 0) is 12.3 Å². The predicted octanol–water partition coefficient (Wildman–Crippen LogP) is 2.39. The van der Waals surface area contributed by atoms with E-state index in [1.807, 2.05) is 27.7 Å². The number of aliphatic hydroxyl groups is 1. The van der Waals surface area contributed by atoms with Crippen LogP contribution in [0.25, 0.3) is 0 Å². The Morgan fingerprint density at radius 1 is 1.41 bits per heavy atom. The Labute approximate surface area is 102 Å². The molecule has 0 bridgehead atoms. The number of hydrogen-bond acceptors (Lipinski definition) is 4. The summed E-state index contributed by atoms with van der Waals surface area (Å²) in [5.41, 5.74) is -0.149. The van der Waals surface area contributed by atoms with Crippen LogP contribution in [0.5, 0.6) is 0 Å². The fraction of sp³-hybridized carbons (Fsp3) is 0.692. The van der Waals surface area contributed by atoms with Gasteiger partial charge >= 0.3 is 5.97 Å². The first-order valence-corrected chi connectivity index (χ1v) is 6.05. The highest BCUT2D eigenvalue weighted by molar-refractivity contribution is 6.19. The maximum absolute atomic E-state index is 11.8. The van der Waals surface area contributed by atoms with Gasteiger partial charge in [0, 0.05) is 12.3 Å². The van der Waals surface area contributed by atoms with E-state index in [0.717, 1.165) is 6.42 Å². The molecular weight excluding hydrogens is 220 g/mol. The van der Waals surface area contributed by atoms with Crippen LogP contribution < -0.4 is 0 Å². The van der Waals surface area contributed by atoms with Gasteiger partial charge in [-0.25, -0.2) is 4.79 Å². The molecule has 0 aromatic carbocycles. The zero-order valence-electron chi connectivity index (χ0n) is 10.8. The lowest BCUT2D eigenvalue weighted by molar-refractivity contribution is -0.143. The molecule has 1 aliphatic heterocycles. The first-order valence-electron chi connectivity index (χ1n) is 6.05. The molecule has 1 aliphatic rings. The van der Waals surface area contributed by atoms with E-state index in [9.17, 15) is 14.7 Å². The summed E-state index contributed by atoms with van der Waals surface area (Å²) in [6.07, 6.45) is 0.369. The molecule has 4 heteroatoms. The number of rotatable bonds is 5. The quantitative estimate of drug-likeness (QED) is 0.592. The molecule has 96 valence electrons. The number of ether oxygens (including phenoxy) is 1. The molecule has 0 spiro atoms. The Morgan fingerprint density at radius 2 is 2.00 bits per heavy atom. The van der Waals surface area contributed by atoms with Crippen LogP contribution in [0.2, 0.25) is 0 Å². The van der Waals surface area contributed by atoms with Crippen LogP contribution in [-0.2, 0) is 14.3 Å². The number of cyclic esters (lactones) is 1. The minimum Gasteiger partial charge on any atom is -0.507 e. The van der Waals surface area contributed by atoms with E-state index in [-0.39, 0.29) is 35.4 Å². The van der Waals surface area contributed by atoms with Crippen LogP contribution in [0.1, 0.15) is 40.5 Å². The second kappa shape index (κ2) is 5.34. The maximum Gasteiger partial charge on any atom is 0.346 e. The van der Waals surface area contributed by atoms with E-state index in [4.69, 9.17) is 4.74 Å². The van der Waals surface area contributed by atoms with Crippen molar-refractivity contribution in [3.8, 4) is 0 Å².